The van der Waals surface area contributed by atoms with E-state index in [4.69, 9.17) is 23.8 Å². The van der Waals surface area contributed by atoms with Gasteiger partial charge in [0, 0.05) is 20.9 Å². The number of likely N-dealkylation sites (N-methyl/N-ethyl adjacent to an activating group) is 1. The Morgan fingerprint density at radius 2 is 1.72 bits per heavy atom. The van der Waals surface area contributed by atoms with Crippen molar-refractivity contribution in [3.63, 3.8) is 0 Å². The van der Waals surface area contributed by atoms with Gasteiger partial charge in [0.25, 0.3) is 5.91 Å². The minimum Gasteiger partial charge on any atom is -0.463 e. The van der Waals surface area contributed by atoms with E-state index in [9.17, 15) is 19.2 Å². The maximum absolute atomic E-state index is 12.7. The number of nitrogens with zero attached hydrogens (tertiary/aromatic N) is 1. The number of amides is 1. The predicted molar refractivity (Wildman–Crippen MR) is 99.1 cm³/mol. The largest absolute Gasteiger partial charge is 0.463 e. The van der Waals surface area contributed by atoms with Gasteiger partial charge in [0.15, 0.2) is 0 Å². The molecule has 1 aliphatic heterocycles. The van der Waals surface area contributed by atoms with Gasteiger partial charge in [0.05, 0.1) is 12.5 Å². The molecule has 0 N–H and O–H groups in total. The highest BCUT2D eigenvalue weighted by molar-refractivity contribution is 5.85. The molecule has 0 spiro atoms. The molecule has 0 aliphatic carbocycles. The van der Waals surface area contributed by atoms with Gasteiger partial charge in [-0.05, 0) is 26.8 Å². The number of rotatable bonds is 7. The Kier molecular flexibility index (Phi) is 8.78. The summed E-state index contributed by atoms with van der Waals surface area (Å²) < 4.78 is 21.4. The first-order chi connectivity index (χ1) is 13.4. The summed E-state index contributed by atoms with van der Waals surface area (Å²) >= 11 is 0. The summed E-state index contributed by atoms with van der Waals surface area (Å²) in [4.78, 5) is 52.5. The van der Waals surface area contributed by atoms with E-state index in [0.717, 1.165) is 5.06 Å². The Labute approximate surface area is 170 Å². The van der Waals surface area contributed by atoms with Crippen LogP contribution < -0.4 is 0 Å². The molecule has 4 atom stereocenters. The monoisotopic (exact) mass is 415 g/mol. The molecule has 0 aromatic carbocycles. The van der Waals surface area contributed by atoms with E-state index < -0.39 is 53.6 Å². The molecule has 1 amide bonds. The molecule has 164 valence electrons. The van der Waals surface area contributed by atoms with Crippen LogP contribution in [0.2, 0.25) is 0 Å². The van der Waals surface area contributed by atoms with Crippen molar-refractivity contribution in [1.29, 1.82) is 0 Å². The minimum absolute atomic E-state index is 0.220. The molecule has 10 heteroatoms. The van der Waals surface area contributed by atoms with Crippen LogP contribution in [0.15, 0.2) is 12.2 Å². The van der Waals surface area contributed by atoms with Crippen LogP contribution in [0.4, 0.5) is 0 Å². The minimum atomic E-state index is -1.36. The maximum Gasteiger partial charge on any atom is 0.312 e. The van der Waals surface area contributed by atoms with E-state index in [2.05, 4.69) is 0 Å². The Hall–Kier alpha value is -2.46. The molecule has 1 aliphatic rings. The second kappa shape index (κ2) is 10.4. The summed E-state index contributed by atoms with van der Waals surface area (Å²) in [6.07, 6.45) is -1.15. The van der Waals surface area contributed by atoms with Gasteiger partial charge in [-0.25, -0.2) is 5.06 Å². The Morgan fingerprint density at radius 3 is 2.21 bits per heavy atom. The van der Waals surface area contributed by atoms with Crippen LogP contribution in [-0.2, 0) is 43.0 Å². The van der Waals surface area contributed by atoms with Crippen LogP contribution in [0.5, 0.6) is 0 Å². The van der Waals surface area contributed by atoms with Gasteiger partial charge in [0.1, 0.15) is 24.9 Å². The molecule has 0 aromatic heterocycles. The van der Waals surface area contributed by atoms with Crippen LogP contribution in [0.1, 0.15) is 34.6 Å². The van der Waals surface area contributed by atoms with E-state index in [1.54, 1.807) is 20.8 Å². The second-order valence-electron chi connectivity index (χ2n) is 7.49. The van der Waals surface area contributed by atoms with Gasteiger partial charge in [-0.1, -0.05) is 6.08 Å². The fraction of sp³-hybridized carbons (Fsp3) is 0.684. The fourth-order valence-corrected chi connectivity index (χ4v) is 2.30. The highest BCUT2D eigenvalue weighted by Crippen LogP contribution is 2.24. The topological polar surface area (TPSA) is 118 Å². The first kappa shape index (κ1) is 24.6. The van der Waals surface area contributed by atoms with Crippen molar-refractivity contribution in [2.75, 3.05) is 20.8 Å². The van der Waals surface area contributed by atoms with Crippen molar-refractivity contribution < 1.29 is 43.0 Å². The third kappa shape index (κ3) is 7.47. The van der Waals surface area contributed by atoms with Crippen molar-refractivity contribution in [2.45, 2.75) is 59.0 Å². The summed E-state index contributed by atoms with van der Waals surface area (Å²) in [5.74, 6) is -2.37. The maximum atomic E-state index is 12.7. The average molecular weight is 415 g/mol. The van der Waals surface area contributed by atoms with Crippen LogP contribution >= 0.6 is 0 Å². The predicted octanol–water partition coefficient (Wildman–Crippen LogP) is 0.783. The fourth-order valence-electron chi connectivity index (χ4n) is 2.30. The van der Waals surface area contributed by atoms with E-state index in [0.29, 0.717) is 0 Å². The van der Waals surface area contributed by atoms with Crippen LogP contribution in [0.3, 0.4) is 0 Å². The smallest absolute Gasteiger partial charge is 0.312 e. The third-order valence-corrected chi connectivity index (χ3v) is 3.91. The molecule has 0 fully saturated rings. The molecular formula is C19H29NO9. The van der Waals surface area contributed by atoms with Gasteiger partial charge >= 0.3 is 17.9 Å². The molecular weight excluding hydrogens is 386 g/mol. The van der Waals surface area contributed by atoms with Crippen LogP contribution in [-0.4, -0.2) is 74.1 Å². The van der Waals surface area contributed by atoms with Crippen LogP contribution in [0.25, 0.3) is 0 Å². The lowest BCUT2D eigenvalue weighted by Crippen LogP contribution is -2.51. The number of hydrogen-bond acceptors (Lipinski definition) is 9. The van der Waals surface area contributed by atoms with Crippen molar-refractivity contribution >= 4 is 23.8 Å². The molecule has 0 aromatic rings. The Bertz CT molecular complexity index is 653. The lowest BCUT2D eigenvalue weighted by Gasteiger charge is -2.35. The zero-order valence-electron chi connectivity index (χ0n) is 17.8. The highest BCUT2D eigenvalue weighted by atomic mass is 16.7. The number of carbonyl (C=O) groups is 4. The molecule has 0 bridgehead atoms. The van der Waals surface area contributed by atoms with E-state index >= 15 is 0 Å². The summed E-state index contributed by atoms with van der Waals surface area (Å²) in [5, 5.41) is 0.914. The van der Waals surface area contributed by atoms with Gasteiger partial charge in [-0.2, -0.15) is 0 Å². The van der Waals surface area contributed by atoms with E-state index in [1.807, 2.05) is 0 Å². The van der Waals surface area contributed by atoms with E-state index in [-0.39, 0.29) is 6.61 Å². The summed E-state index contributed by atoms with van der Waals surface area (Å²) in [6, 6.07) is 0. The Balaban J connectivity index is 3.15. The van der Waals surface area contributed by atoms with E-state index in [1.165, 1.54) is 40.2 Å². The molecule has 0 saturated carbocycles. The average Bonchev–Trinajstić information content (AvgIpc) is 2.62. The van der Waals surface area contributed by atoms with Crippen molar-refractivity contribution in [1.82, 2.24) is 5.06 Å². The molecule has 1 heterocycles. The zero-order chi connectivity index (χ0) is 22.4. The van der Waals surface area contributed by atoms with Gasteiger partial charge in [-0.15, -0.1) is 0 Å². The number of carbonyl (C=O) groups excluding carboxylic acids is 4. The molecule has 0 saturated heterocycles. The highest BCUT2D eigenvalue weighted by Gasteiger charge is 2.41. The van der Waals surface area contributed by atoms with Crippen molar-refractivity contribution in [3.05, 3.63) is 12.2 Å². The number of esters is 3. The molecule has 29 heavy (non-hydrogen) atoms. The zero-order valence-corrected chi connectivity index (χ0v) is 17.8. The van der Waals surface area contributed by atoms with Crippen molar-refractivity contribution in [3.8, 4) is 0 Å². The normalized spacial score (nSPS) is 22.4. The Morgan fingerprint density at radius 1 is 1.10 bits per heavy atom. The van der Waals surface area contributed by atoms with Crippen molar-refractivity contribution in [2.24, 2.45) is 5.41 Å². The molecule has 10 nitrogen and oxygen atoms in total. The first-order valence-corrected chi connectivity index (χ1v) is 9.04. The number of hydroxylamine groups is 2. The SMILES string of the molecule is CON(C)C(=O)[C@H](OC(=O)C(C)(C)C)[C@@H]1C=C[C@H](OC(C)=O)[C@@H](COC(C)=O)O1. The van der Waals surface area contributed by atoms with Gasteiger partial charge in [-0.3, -0.25) is 24.0 Å². The third-order valence-electron chi connectivity index (χ3n) is 3.91. The molecule has 1 rings (SSSR count). The standard InChI is InChI=1S/C19H29NO9/c1-11(21)26-10-15-13(27-12(2)22)8-9-14(28-15)16(17(23)20(6)25-7)29-18(24)19(3,4)5/h8-9,13-16H,10H2,1-7H3/t13-,14-,15+,16+/m0/s1. The second-order valence-corrected chi connectivity index (χ2v) is 7.49. The summed E-state index contributed by atoms with van der Waals surface area (Å²) in [7, 11) is 2.66. The lowest BCUT2D eigenvalue weighted by atomic mass is 9.97. The summed E-state index contributed by atoms with van der Waals surface area (Å²) in [6.45, 7) is 7.18. The van der Waals surface area contributed by atoms with Crippen LogP contribution in [0, 0.1) is 5.41 Å². The number of ether oxygens (including phenoxy) is 4. The number of hydrogen-bond donors (Lipinski definition) is 0. The first-order valence-electron chi connectivity index (χ1n) is 9.04. The van der Waals surface area contributed by atoms with Gasteiger partial charge < -0.3 is 18.9 Å². The summed E-state index contributed by atoms with van der Waals surface area (Å²) in [5.41, 5.74) is -0.861. The van der Waals surface area contributed by atoms with Gasteiger partial charge in [0.2, 0.25) is 6.10 Å². The molecule has 0 unspecified atom stereocenters. The molecule has 0 radical (unpaired) electrons. The lowest BCUT2D eigenvalue weighted by molar-refractivity contribution is -0.202. The quantitative estimate of drug-likeness (QED) is 0.257.